The zero-order chi connectivity index (χ0) is 14.5. The SMILES string of the molecule is NCC#Cc1cnc(NS(=O)(=O)NCC(F)(F)F)s1. The zero-order valence-corrected chi connectivity index (χ0v) is 10.9. The van der Waals surface area contributed by atoms with Gasteiger partial charge in [0.25, 0.3) is 0 Å². The van der Waals surface area contributed by atoms with Gasteiger partial charge in [-0.05, 0) is 0 Å². The predicted octanol–water partition coefficient (Wildman–Crippen LogP) is 0.262. The van der Waals surface area contributed by atoms with Gasteiger partial charge >= 0.3 is 16.4 Å². The molecule has 0 fully saturated rings. The molecule has 1 heterocycles. The van der Waals surface area contributed by atoms with E-state index in [4.69, 9.17) is 5.73 Å². The summed E-state index contributed by atoms with van der Waals surface area (Å²) < 4.78 is 61.3. The Balaban J connectivity index is 2.65. The van der Waals surface area contributed by atoms with Crippen LogP contribution in [0.1, 0.15) is 4.88 Å². The number of nitrogens with two attached hydrogens (primary N) is 1. The maximum absolute atomic E-state index is 11.9. The van der Waals surface area contributed by atoms with E-state index >= 15 is 0 Å². The van der Waals surface area contributed by atoms with Gasteiger partial charge in [0.05, 0.1) is 17.6 Å². The van der Waals surface area contributed by atoms with E-state index in [1.807, 2.05) is 4.72 Å². The molecule has 0 aliphatic heterocycles. The Kier molecular flexibility index (Phi) is 5.12. The van der Waals surface area contributed by atoms with E-state index in [2.05, 4.69) is 16.8 Å². The highest BCUT2D eigenvalue weighted by Crippen LogP contribution is 2.18. The number of nitrogens with zero attached hydrogens (tertiary/aromatic N) is 1. The third-order valence-electron chi connectivity index (χ3n) is 1.50. The average molecular weight is 314 g/mol. The van der Waals surface area contributed by atoms with Crippen LogP contribution < -0.4 is 15.2 Å². The van der Waals surface area contributed by atoms with E-state index in [-0.39, 0.29) is 11.7 Å². The van der Waals surface area contributed by atoms with Crippen molar-refractivity contribution in [1.82, 2.24) is 9.71 Å². The number of nitrogens with one attached hydrogen (secondary N) is 2. The summed E-state index contributed by atoms with van der Waals surface area (Å²) in [6.45, 7) is -1.53. The molecule has 1 rings (SSSR count). The second-order valence-electron chi connectivity index (χ2n) is 3.08. The van der Waals surface area contributed by atoms with E-state index in [1.54, 1.807) is 0 Å². The molecular weight excluding hydrogens is 305 g/mol. The van der Waals surface area contributed by atoms with Gasteiger partial charge in [-0.2, -0.15) is 26.3 Å². The summed E-state index contributed by atoms with van der Waals surface area (Å²) in [7, 11) is -4.32. The lowest BCUT2D eigenvalue weighted by Gasteiger charge is -2.08. The summed E-state index contributed by atoms with van der Waals surface area (Å²) in [5.74, 6) is 5.14. The summed E-state index contributed by atoms with van der Waals surface area (Å²) >= 11 is 0.881. The maximum atomic E-state index is 11.9. The summed E-state index contributed by atoms with van der Waals surface area (Å²) in [6, 6.07) is 0. The fraction of sp³-hybridized carbons (Fsp3) is 0.375. The van der Waals surface area contributed by atoms with Crippen LogP contribution in [-0.2, 0) is 10.2 Å². The van der Waals surface area contributed by atoms with Crippen LogP contribution in [0, 0.1) is 11.8 Å². The minimum atomic E-state index is -4.63. The van der Waals surface area contributed by atoms with E-state index in [9.17, 15) is 21.6 Å². The molecule has 0 saturated carbocycles. The molecule has 4 N–H and O–H groups in total. The second kappa shape index (κ2) is 6.20. The molecule has 0 aromatic carbocycles. The number of thiazole rings is 1. The molecule has 0 spiro atoms. The van der Waals surface area contributed by atoms with Gasteiger partial charge in [0.1, 0.15) is 6.54 Å². The van der Waals surface area contributed by atoms with Crippen LogP contribution in [0.5, 0.6) is 0 Å². The fourth-order valence-electron chi connectivity index (χ4n) is 0.845. The Morgan fingerprint density at radius 3 is 2.74 bits per heavy atom. The van der Waals surface area contributed by atoms with Gasteiger partial charge in [0.2, 0.25) is 0 Å². The van der Waals surface area contributed by atoms with Crippen molar-refractivity contribution in [3.8, 4) is 11.8 Å². The molecule has 0 radical (unpaired) electrons. The smallest absolute Gasteiger partial charge is 0.320 e. The van der Waals surface area contributed by atoms with Gasteiger partial charge in [0, 0.05) is 0 Å². The Labute approximate surface area is 111 Å². The van der Waals surface area contributed by atoms with Crippen molar-refractivity contribution in [2.45, 2.75) is 6.18 Å². The topological polar surface area (TPSA) is 97.1 Å². The Hall–Kier alpha value is -1.35. The fourth-order valence-corrected chi connectivity index (χ4v) is 2.59. The number of alkyl halides is 3. The molecule has 1 aromatic heterocycles. The Morgan fingerprint density at radius 2 is 2.16 bits per heavy atom. The summed E-state index contributed by atoms with van der Waals surface area (Å²) in [5.41, 5.74) is 5.15. The predicted molar refractivity (Wildman–Crippen MR) is 64.6 cm³/mol. The van der Waals surface area contributed by atoms with Crippen molar-refractivity contribution in [3.63, 3.8) is 0 Å². The summed E-state index contributed by atoms with van der Waals surface area (Å²) in [6.07, 6.45) is -3.34. The monoisotopic (exact) mass is 314 g/mol. The van der Waals surface area contributed by atoms with Crippen molar-refractivity contribution in [3.05, 3.63) is 11.1 Å². The molecule has 0 aliphatic carbocycles. The van der Waals surface area contributed by atoms with Crippen LogP contribution in [0.2, 0.25) is 0 Å². The number of rotatable bonds is 4. The number of hydrogen-bond donors (Lipinski definition) is 3. The van der Waals surface area contributed by atoms with Crippen LogP contribution in [0.4, 0.5) is 18.3 Å². The lowest BCUT2D eigenvalue weighted by atomic mass is 10.5. The lowest BCUT2D eigenvalue weighted by Crippen LogP contribution is -2.37. The van der Waals surface area contributed by atoms with Crippen molar-refractivity contribution in [2.75, 3.05) is 17.8 Å². The van der Waals surface area contributed by atoms with Gasteiger partial charge in [0.15, 0.2) is 5.13 Å². The highest BCUT2D eigenvalue weighted by atomic mass is 32.2. The minimum Gasteiger partial charge on any atom is -0.320 e. The molecule has 0 aliphatic rings. The normalized spacial score (nSPS) is 11.8. The molecule has 19 heavy (non-hydrogen) atoms. The summed E-state index contributed by atoms with van der Waals surface area (Å²) in [5, 5.41) is -0.0870. The molecule has 0 amide bonds. The van der Waals surface area contributed by atoms with Crippen molar-refractivity contribution in [2.24, 2.45) is 5.73 Å². The van der Waals surface area contributed by atoms with Crippen LogP contribution in [-0.4, -0.2) is 32.7 Å². The number of anilines is 1. The third-order valence-corrected chi connectivity index (χ3v) is 3.45. The van der Waals surface area contributed by atoms with Gasteiger partial charge in [-0.3, -0.25) is 0 Å². The van der Waals surface area contributed by atoms with Crippen molar-refractivity contribution < 1.29 is 21.6 Å². The minimum absolute atomic E-state index is 0.0870. The number of hydrogen-bond acceptors (Lipinski definition) is 5. The number of aromatic nitrogens is 1. The molecule has 11 heteroatoms. The molecule has 6 nitrogen and oxygen atoms in total. The first-order valence-electron chi connectivity index (χ1n) is 4.71. The van der Waals surface area contributed by atoms with Crippen LogP contribution in [0.15, 0.2) is 6.20 Å². The highest BCUT2D eigenvalue weighted by Gasteiger charge is 2.29. The first-order valence-corrected chi connectivity index (χ1v) is 7.01. The standard InChI is InChI=1S/C8H9F3N4O2S2/c9-8(10,11)5-14-19(16,17)15-7-13-4-6(18-7)2-1-3-12/h4,14H,3,5,12H2,(H,13,15). The molecule has 106 valence electrons. The van der Waals surface area contributed by atoms with E-state index < -0.39 is 22.9 Å². The Bertz CT molecular complexity index is 585. The van der Waals surface area contributed by atoms with Gasteiger partial charge in [-0.1, -0.05) is 23.2 Å². The zero-order valence-electron chi connectivity index (χ0n) is 9.28. The first-order chi connectivity index (χ1) is 8.72. The van der Waals surface area contributed by atoms with Gasteiger partial charge in [-0.25, -0.2) is 9.71 Å². The van der Waals surface area contributed by atoms with E-state index in [0.29, 0.717) is 4.88 Å². The van der Waals surface area contributed by atoms with Gasteiger partial charge < -0.3 is 5.73 Å². The summed E-state index contributed by atoms with van der Waals surface area (Å²) in [4.78, 5) is 4.11. The van der Waals surface area contributed by atoms with Crippen LogP contribution in [0.3, 0.4) is 0 Å². The van der Waals surface area contributed by atoms with E-state index in [1.165, 1.54) is 10.9 Å². The first kappa shape index (κ1) is 15.7. The molecule has 0 atom stereocenters. The molecule has 1 aromatic rings. The van der Waals surface area contributed by atoms with Crippen LogP contribution in [0.25, 0.3) is 0 Å². The molecule has 0 unspecified atom stereocenters. The van der Waals surface area contributed by atoms with Crippen molar-refractivity contribution in [1.29, 1.82) is 0 Å². The quantitative estimate of drug-likeness (QED) is 0.695. The second-order valence-corrected chi connectivity index (χ2v) is 5.61. The number of halogens is 3. The van der Waals surface area contributed by atoms with Crippen LogP contribution >= 0.6 is 11.3 Å². The Morgan fingerprint density at radius 1 is 1.47 bits per heavy atom. The third kappa shape index (κ3) is 6.39. The van der Waals surface area contributed by atoms with Gasteiger partial charge in [-0.15, -0.1) is 0 Å². The largest absolute Gasteiger partial charge is 0.402 e. The lowest BCUT2D eigenvalue weighted by molar-refractivity contribution is -0.121. The molecule has 0 saturated heterocycles. The highest BCUT2D eigenvalue weighted by molar-refractivity contribution is 7.91. The molecular formula is C8H9F3N4O2S2. The average Bonchev–Trinajstić information content (AvgIpc) is 2.70. The van der Waals surface area contributed by atoms with Crippen molar-refractivity contribution >= 4 is 26.7 Å². The maximum Gasteiger partial charge on any atom is 0.402 e. The molecule has 0 bridgehead atoms. The van der Waals surface area contributed by atoms with E-state index in [0.717, 1.165) is 11.3 Å².